The zero-order valence-corrected chi connectivity index (χ0v) is 18.1. The van der Waals surface area contributed by atoms with Crippen molar-refractivity contribution in [2.45, 2.75) is 90.3 Å². The normalized spacial score (nSPS) is 18.9. The highest BCUT2D eigenvalue weighted by atomic mass is 16.5. The SMILES string of the molecule is CCCCN(C(=O)CCc1cccc(OC)c1)C1CC(C)(C)NC(C)(C)C1. The monoisotopic (exact) mass is 374 g/mol. The van der Waals surface area contributed by atoms with Crippen LogP contribution in [0.5, 0.6) is 5.75 Å². The molecule has 0 radical (unpaired) electrons. The zero-order chi connectivity index (χ0) is 20.1. The average Bonchev–Trinajstić information content (AvgIpc) is 2.57. The van der Waals surface area contributed by atoms with Crippen LogP contribution in [-0.2, 0) is 11.2 Å². The molecule has 1 aliphatic heterocycles. The van der Waals surface area contributed by atoms with E-state index in [4.69, 9.17) is 4.74 Å². The number of benzene rings is 1. The quantitative estimate of drug-likeness (QED) is 0.725. The number of carbonyl (C=O) groups is 1. The minimum Gasteiger partial charge on any atom is -0.497 e. The highest BCUT2D eigenvalue weighted by Crippen LogP contribution is 2.32. The maximum Gasteiger partial charge on any atom is 0.223 e. The smallest absolute Gasteiger partial charge is 0.223 e. The van der Waals surface area contributed by atoms with Crippen molar-refractivity contribution in [2.24, 2.45) is 0 Å². The molecule has 0 aliphatic carbocycles. The van der Waals surface area contributed by atoms with E-state index < -0.39 is 0 Å². The molecule has 1 amide bonds. The Morgan fingerprint density at radius 3 is 2.48 bits per heavy atom. The lowest BCUT2D eigenvalue weighted by Gasteiger charge is -2.49. The molecule has 27 heavy (non-hydrogen) atoms. The van der Waals surface area contributed by atoms with Crippen molar-refractivity contribution >= 4 is 5.91 Å². The Kier molecular flexibility index (Phi) is 7.32. The van der Waals surface area contributed by atoms with Crippen LogP contribution < -0.4 is 10.1 Å². The van der Waals surface area contributed by atoms with Crippen molar-refractivity contribution < 1.29 is 9.53 Å². The first kappa shape index (κ1) is 21.7. The van der Waals surface area contributed by atoms with Gasteiger partial charge in [0.05, 0.1) is 7.11 Å². The number of ether oxygens (including phenoxy) is 1. The molecular weight excluding hydrogens is 336 g/mol. The molecule has 1 fully saturated rings. The van der Waals surface area contributed by atoms with Crippen LogP contribution >= 0.6 is 0 Å². The summed E-state index contributed by atoms with van der Waals surface area (Å²) in [5, 5.41) is 3.73. The van der Waals surface area contributed by atoms with Gasteiger partial charge >= 0.3 is 0 Å². The van der Waals surface area contributed by atoms with E-state index in [1.807, 2.05) is 18.2 Å². The molecule has 1 aliphatic rings. The molecule has 0 unspecified atom stereocenters. The van der Waals surface area contributed by atoms with Crippen LogP contribution in [0.4, 0.5) is 0 Å². The van der Waals surface area contributed by atoms with Crippen LogP contribution in [0.25, 0.3) is 0 Å². The minimum absolute atomic E-state index is 0.0456. The second-order valence-corrected chi connectivity index (χ2v) is 9.25. The van der Waals surface area contributed by atoms with Gasteiger partial charge in [-0.05, 0) is 71.1 Å². The predicted octanol–water partition coefficient (Wildman–Crippen LogP) is 4.57. The number of aryl methyl sites for hydroxylation is 1. The van der Waals surface area contributed by atoms with E-state index in [1.165, 1.54) is 0 Å². The van der Waals surface area contributed by atoms with Crippen LogP contribution in [0.3, 0.4) is 0 Å². The lowest BCUT2D eigenvalue weighted by molar-refractivity contribution is -0.135. The van der Waals surface area contributed by atoms with Gasteiger partial charge in [0.15, 0.2) is 0 Å². The number of hydrogen-bond acceptors (Lipinski definition) is 3. The minimum atomic E-state index is 0.0456. The van der Waals surface area contributed by atoms with Crippen molar-refractivity contribution in [1.29, 1.82) is 0 Å². The average molecular weight is 375 g/mol. The third-order valence-corrected chi connectivity index (χ3v) is 5.44. The number of nitrogens with one attached hydrogen (secondary N) is 1. The van der Waals surface area contributed by atoms with E-state index in [0.29, 0.717) is 12.5 Å². The van der Waals surface area contributed by atoms with Crippen LogP contribution in [0.15, 0.2) is 24.3 Å². The molecular formula is C23H38N2O2. The summed E-state index contributed by atoms with van der Waals surface area (Å²) in [4.78, 5) is 15.3. The number of unbranched alkanes of at least 4 members (excludes halogenated alkanes) is 1. The fraction of sp³-hybridized carbons (Fsp3) is 0.696. The topological polar surface area (TPSA) is 41.6 Å². The molecule has 1 heterocycles. The van der Waals surface area contributed by atoms with Gasteiger partial charge < -0.3 is 15.0 Å². The Hall–Kier alpha value is -1.55. The number of nitrogens with zero attached hydrogens (tertiary/aromatic N) is 1. The molecule has 2 rings (SSSR count). The molecule has 0 bridgehead atoms. The Bertz CT molecular complexity index is 609. The summed E-state index contributed by atoms with van der Waals surface area (Å²) in [7, 11) is 1.68. The molecule has 0 atom stereocenters. The van der Waals surface area contributed by atoms with Crippen molar-refractivity contribution in [3.8, 4) is 5.75 Å². The highest BCUT2D eigenvalue weighted by molar-refractivity contribution is 5.77. The van der Waals surface area contributed by atoms with E-state index in [9.17, 15) is 4.79 Å². The van der Waals surface area contributed by atoms with Crippen LogP contribution in [0.1, 0.15) is 72.3 Å². The maximum absolute atomic E-state index is 13.2. The van der Waals surface area contributed by atoms with Crippen LogP contribution in [0, 0.1) is 0 Å². The predicted molar refractivity (Wildman–Crippen MR) is 112 cm³/mol. The Morgan fingerprint density at radius 1 is 1.22 bits per heavy atom. The van der Waals surface area contributed by atoms with Gasteiger partial charge in [-0.2, -0.15) is 0 Å². The summed E-state index contributed by atoms with van der Waals surface area (Å²) in [5.74, 6) is 1.13. The van der Waals surface area contributed by atoms with Crippen LogP contribution in [0.2, 0.25) is 0 Å². The van der Waals surface area contributed by atoms with Gasteiger partial charge in [-0.15, -0.1) is 0 Å². The second-order valence-electron chi connectivity index (χ2n) is 9.25. The fourth-order valence-corrected chi connectivity index (χ4v) is 4.55. The lowest BCUT2D eigenvalue weighted by atomic mass is 9.79. The van der Waals surface area contributed by atoms with E-state index in [2.05, 4.69) is 50.9 Å². The van der Waals surface area contributed by atoms with Crippen molar-refractivity contribution in [1.82, 2.24) is 10.2 Å². The first-order chi connectivity index (χ1) is 12.7. The summed E-state index contributed by atoms with van der Waals surface area (Å²) in [5.41, 5.74) is 1.25. The van der Waals surface area contributed by atoms with Crippen molar-refractivity contribution in [2.75, 3.05) is 13.7 Å². The van der Waals surface area contributed by atoms with Gasteiger partial charge in [0, 0.05) is 30.1 Å². The van der Waals surface area contributed by atoms with Gasteiger partial charge in [-0.3, -0.25) is 4.79 Å². The lowest BCUT2D eigenvalue weighted by Crippen LogP contribution is -2.62. The number of hydrogen-bond donors (Lipinski definition) is 1. The van der Waals surface area contributed by atoms with Gasteiger partial charge in [0.25, 0.3) is 0 Å². The fourth-order valence-electron chi connectivity index (χ4n) is 4.55. The zero-order valence-electron chi connectivity index (χ0n) is 18.1. The third kappa shape index (κ3) is 6.53. The number of methoxy groups -OCH3 is 1. The van der Waals surface area contributed by atoms with Gasteiger partial charge in [-0.25, -0.2) is 0 Å². The summed E-state index contributed by atoms with van der Waals surface area (Å²) < 4.78 is 5.30. The van der Waals surface area contributed by atoms with Crippen LogP contribution in [-0.4, -0.2) is 41.6 Å². The summed E-state index contributed by atoms with van der Waals surface area (Å²) in [6, 6.07) is 8.34. The van der Waals surface area contributed by atoms with Gasteiger partial charge in [-0.1, -0.05) is 25.5 Å². The first-order valence-electron chi connectivity index (χ1n) is 10.4. The molecule has 0 aromatic heterocycles. The van der Waals surface area contributed by atoms with Crippen molar-refractivity contribution in [3.05, 3.63) is 29.8 Å². The number of amides is 1. The highest BCUT2D eigenvalue weighted by Gasteiger charge is 2.40. The molecule has 4 nitrogen and oxygen atoms in total. The largest absolute Gasteiger partial charge is 0.497 e. The summed E-state index contributed by atoms with van der Waals surface area (Å²) >= 11 is 0. The number of rotatable bonds is 8. The van der Waals surface area contributed by atoms with E-state index >= 15 is 0 Å². The molecule has 152 valence electrons. The molecule has 1 aromatic rings. The molecule has 1 N–H and O–H groups in total. The Morgan fingerprint density at radius 2 is 1.89 bits per heavy atom. The first-order valence-corrected chi connectivity index (χ1v) is 10.4. The Labute approximate surface area is 165 Å². The number of carbonyl (C=O) groups excluding carboxylic acids is 1. The summed E-state index contributed by atoms with van der Waals surface area (Å²) in [6.45, 7) is 12.1. The molecule has 0 saturated carbocycles. The molecule has 1 aromatic carbocycles. The van der Waals surface area contributed by atoms with E-state index in [1.54, 1.807) is 7.11 Å². The Balaban J connectivity index is 2.08. The van der Waals surface area contributed by atoms with Gasteiger partial charge in [0.2, 0.25) is 5.91 Å². The van der Waals surface area contributed by atoms with Crippen molar-refractivity contribution in [3.63, 3.8) is 0 Å². The third-order valence-electron chi connectivity index (χ3n) is 5.44. The molecule has 0 spiro atoms. The van der Waals surface area contributed by atoms with E-state index in [-0.39, 0.29) is 17.0 Å². The summed E-state index contributed by atoms with van der Waals surface area (Å²) in [6.07, 6.45) is 5.50. The standard InChI is InChI=1S/C23H38N2O2/c1-7-8-14-25(19-16-22(2,3)24-23(4,5)17-19)21(26)13-12-18-10-9-11-20(15-18)27-6/h9-11,15,19,24H,7-8,12-14,16-17H2,1-6H3. The van der Waals surface area contributed by atoms with Gasteiger partial charge in [0.1, 0.15) is 5.75 Å². The van der Waals surface area contributed by atoms with E-state index in [0.717, 1.165) is 50.0 Å². The maximum atomic E-state index is 13.2. The second kappa shape index (κ2) is 9.09. The molecule has 1 saturated heterocycles. The molecule has 4 heteroatoms. The number of piperidine rings is 1.